The number of rotatable bonds is 4. The fraction of sp³-hybridized carbons (Fsp3) is 0.160. The van der Waals surface area contributed by atoms with Gasteiger partial charge in [-0.25, -0.2) is 4.39 Å². The van der Waals surface area contributed by atoms with Crippen molar-refractivity contribution >= 4 is 0 Å². The van der Waals surface area contributed by atoms with Gasteiger partial charge in [-0.1, -0.05) is 71.8 Å². The van der Waals surface area contributed by atoms with Crippen LogP contribution in [0.4, 0.5) is 4.39 Å². The molecule has 0 aliphatic carbocycles. The van der Waals surface area contributed by atoms with Gasteiger partial charge in [0.05, 0.1) is 17.9 Å². The molecular formula is C25H23FN2. The molecule has 0 amide bonds. The normalized spacial score (nSPS) is 11.0. The summed E-state index contributed by atoms with van der Waals surface area (Å²) in [6, 6.07) is 23.6. The lowest BCUT2D eigenvalue weighted by Gasteiger charge is -2.09. The number of hydrogen-bond donors (Lipinski definition) is 0. The first-order valence-corrected chi connectivity index (χ1v) is 9.47. The minimum atomic E-state index is -0.223. The second-order valence-electron chi connectivity index (χ2n) is 7.34. The highest BCUT2D eigenvalue weighted by Crippen LogP contribution is 2.32. The highest BCUT2D eigenvalue weighted by molar-refractivity contribution is 5.74. The molecule has 0 aliphatic rings. The molecule has 0 fully saturated rings. The van der Waals surface area contributed by atoms with Crippen molar-refractivity contribution in [2.45, 2.75) is 27.3 Å². The third kappa shape index (κ3) is 3.61. The van der Waals surface area contributed by atoms with E-state index in [1.165, 1.54) is 23.3 Å². The Bertz CT molecular complexity index is 1090. The summed E-state index contributed by atoms with van der Waals surface area (Å²) in [5.74, 6) is -0.223. The second-order valence-corrected chi connectivity index (χ2v) is 7.34. The highest BCUT2D eigenvalue weighted by atomic mass is 19.1. The van der Waals surface area contributed by atoms with Crippen molar-refractivity contribution in [1.29, 1.82) is 0 Å². The Labute approximate surface area is 165 Å². The van der Waals surface area contributed by atoms with Crippen LogP contribution in [0.2, 0.25) is 0 Å². The van der Waals surface area contributed by atoms with Crippen molar-refractivity contribution in [1.82, 2.24) is 9.78 Å². The van der Waals surface area contributed by atoms with Crippen LogP contribution in [0.3, 0.4) is 0 Å². The summed E-state index contributed by atoms with van der Waals surface area (Å²) in [6.07, 6.45) is 0. The largest absolute Gasteiger partial charge is 0.260 e. The fourth-order valence-electron chi connectivity index (χ4n) is 3.49. The first kappa shape index (κ1) is 18.2. The minimum Gasteiger partial charge on any atom is -0.260 e. The van der Waals surface area contributed by atoms with Gasteiger partial charge in [0.15, 0.2) is 0 Å². The van der Waals surface area contributed by atoms with Gasteiger partial charge in [-0.2, -0.15) is 5.10 Å². The first-order valence-electron chi connectivity index (χ1n) is 9.47. The van der Waals surface area contributed by atoms with Crippen molar-refractivity contribution in [3.63, 3.8) is 0 Å². The Morgan fingerprint density at radius 3 is 1.82 bits per heavy atom. The molecule has 3 aromatic carbocycles. The number of nitrogens with zero attached hydrogens (tertiary/aromatic N) is 2. The maximum Gasteiger partial charge on any atom is 0.123 e. The molecule has 1 aromatic heterocycles. The summed E-state index contributed by atoms with van der Waals surface area (Å²) < 4.78 is 15.3. The van der Waals surface area contributed by atoms with E-state index in [4.69, 9.17) is 5.10 Å². The Balaban J connectivity index is 1.84. The van der Waals surface area contributed by atoms with Gasteiger partial charge < -0.3 is 0 Å². The van der Waals surface area contributed by atoms with Gasteiger partial charge in [0.25, 0.3) is 0 Å². The highest BCUT2D eigenvalue weighted by Gasteiger charge is 2.17. The van der Waals surface area contributed by atoms with Gasteiger partial charge in [0.1, 0.15) is 5.82 Å². The lowest BCUT2D eigenvalue weighted by molar-refractivity contribution is 0.625. The number of aryl methyl sites for hydroxylation is 2. The van der Waals surface area contributed by atoms with Crippen LogP contribution in [-0.2, 0) is 6.54 Å². The molecule has 140 valence electrons. The molecule has 0 radical (unpaired) electrons. The molecule has 28 heavy (non-hydrogen) atoms. The van der Waals surface area contributed by atoms with Crippen molar-refractivity contribution in [2.75, 3.05) is 0 Å². The molecule has 1 heterocycles. The zero-order valence-electron chi connectivity index (χ0n) is 16.4. The van der Waals surface area contributed by atoms with Gasteiger partial charge >= 0.3 is 0 Å². The molecule has 0 N–H and O–H groups in total. The van der Waals surface area contributed by atoms with E-state index < -0.39 is 0 Å². The summed E-state index contributed by atoms with van der Waals surface area (Å²) in [5.41, 5.74) is 8.95. The van der Waals surface area contributed by atoms with Gasteiger partial charge in [-0.3, -0.25) is 4.68 Å². The average molecular weight is 370 g/mol. The quantitative estimate of drug-likeness (QED) is 0.410. The Morgan fingerprint density at radius 1 is 0.714 bits per heavy atom. The predicted octanol–water partition coefficient (Wildman–Crippen LogP) is 6.33. The van der Waals surface area contributed by atoms with Gasteiger partial charge in [-0.15, -0.1) is 0 Å². The van der Waals surface area contributed by atoms with Crippen molar-refractivity contribution in [3.05, 3.63) is 101 Å². The molecule has 0 bridgehead atoms. The van der Waals surface area contributed by atoms with Gasteiger partial charge in [0, 0.05) is 16.7 Å². The van der Waals surface area contributed by atoms with Crippen molar-refractivity contribution in [3.8, 4) is 22.5 Å². The summed E-state index contributed by atoms with van der Waals surface area (Å²) in [7, 11) is 0. The SMILES string of the molecule is Cc1ccc(-c2nn(Cc3ccc(F)cc3)c(-c3ccc(C)cc3)c2C)cc1. The maximum absolute atomic E-state index is 13.3. The van der Waals surface area contributed by atoms with Crippen LogP contribution in [-0.4, -0.2) is 9.78 Å². The number of halogens is 1. The van der Waals surface area contributed by atoms with E-state index in [2.05, 4.69) is 69.3 Å². The molecule has 0 unspecified atom stereocenters. The van der Waals surface area contributed by atoms with Crippen LogP contribution in [0.1, 0.15) is 22.3 Å². The molecule has 0 atom stereocenters. The topological polar surface area (TPSA) is 17.8 Å². The van der Waals surface area contributed by atoms with Crippen LogP contribution >= 0.6 is 0 Å². The smallest absolute Gasteiger partial charge is 0.123 e. The van der Waals surface area contributed by atoms with E-state index in [-0.39, 0.29) is 5.82 Å². The van der Waals surface area contributed by atoms with Crippen LogP contribution < -0.4 is 0 Å². The molecule has 4 rings (SSSR count). The number of aromatic nitrogens is 2. The van der Waals surface area contributed by atoms with Gasteiger partial charge in [-0.05, 0) is 38.5 Å². The molecule has 3 heteroatoms. The monoisotopic (exact) mass is 370 g/mol. The molecule has 0 spiro atoms. The van der Waals surface area contributed by atoms with E-state index in [9.17, 15) is 4.39 Å². The molecule has 0 saturated heterocycles. The maximum atomic E-state index is 13.3. The van der Waals surface area contributed by atoms with Gasteiger partial charge in [0.2, 0.25) is 0 Å². The molecule has 2 nitrogen and oxygen atoms in total. The molecule has 0 aliphatic heterocycles. The van der Waals surface area contributed by atoms with Crippen LogP contribution in [0.25, 0.3) is 22.5 Å². The molecule has 4 aromatic rings. The van der Waals surface area contributed by atoms with Crippen molar-refractivity contribution in [2.24, 2.45) is 0 Å². The van der Waals surface area contributed by atoms with E-state index >= 15 is 0 Å². The van der Waals surface area contributed by atoms with E-state index in [1.54, 1.807) is 0 Å². The average Bonchev–Trinajstić information content (AvgIpc) is 3.01. The lowest BCUT2D eigenvalue weighted by atomic mass is 10.0. The molecular weight excluding hydrogens is 347 g/mol. The Morgan fingerprint density at radius 2 is 1.25 bits per heavy atom. The summed E-state index contributed by atoms with van der Waals surface area (Å²) in [6.45, 7) is 6.89. The fourth-order valence-corrected chi connectivity index (χ4v) is 3.49. The molecule has 0 saturated carbocycles. The lowest BCUT2D eigenvalue weighted by Crippen LogP contribution is -2.04. The number of hydrogen-bond acceptors (Lipinski definition) is 1. The Kier molecular flexibility index (Phi) is 4.82. The van der Waals surface area contributed by atoms with Crippen LogP contribution in [0.15, 0.2) is 72.8 Å². The summed E-state index contributed by atoms with van der Waals surface area (Å²) in [5, 5.41) is 4.95. The summed E-state index contributed by atoms with van der Waals surface area (Å²) >= 11 is 0. The number of benzene rings is 3. The third-order valence-corrected chi connectivity index (χ3v) is 5.08. The van der Waals surface area contributed by atoms with Crippen molar-refractivity contribution < 1.29 is 4.39 Å². The predicted molar refractivity (Wildman–Crippen MR) is 113 cm³/mol. The second kappa shape index (κ2) is 7.43. The van der Waals surface area contributed by atoms with Crippen LogP contribution in [0.5, 0.6) is 0 Å². The Hall–Kier alpha value is -3.20. The third-order valence-electron chi connectivity index (χ3n) is 5.08. The van der Waals surface area contributed by atoms with E-state index in [1.807, 2.05) is 16.8 Å². The van der Waals surface area contributed by atoms with E-state index in [0.29, 0.717) is 6.54 Å². The minimum absolute atomic E-state index is 0.223. The summed E-state index contributed by atoms with van der Waals surface area (Å²) in [4.78, 5) is 0. The van der Waals surface area contributed by atoms with Crippen LogP contribution in [0, 0.1) is 26.6 Å². The zero-order chi connectivity index (χ0) is 19.7. The standard InChI is InChI=1S/C25H23FN2/c1-17-4-10-21(11-5-17)24-19(3)25(22-12-6-18(2)7-13-22)28(27-24)16-20-8-14-23(26)15-9-20/h4-15H,16H2,1-3H3. The zero-order valence-corrected chi connectivity index (χ0v) is 16.4. The van der Waals surface area contributed by atoms with E-state index in [0.717, 1.165) is 33.6 Å². The first-order chi connectivity index (χ1) is 13.5.